The van der Waals surface area contributed by atoms with Crippen molar-refractivity contribution in [3.63, 3.8) is 0 Å². The molecule has 0 N–H and O–H groups in total. The average Bonchev–Trinajstić information content (AvgIpc) is 2.60. The van der Waals surface area contributed by atoms with Crippen LogP contribution < -0.4 is 0 Å². The maximum Gasteiger partial charge on any atom is 0.226 e. The Labute approximate surface area is 152 Å². The summed E-state index contributed by atoms with van der Waals surface area (Å²) in [7, 11) is 0. The second-order valence-electron chi connectivity index (χ2n) is 8.54. The first kappa shape index (κ1) is 18.5. The molecule has 3 atom stereocenters. The van der Waals surface area contributed by atoms with E-state index in [4.69, 9.17) is 0 Å². The minimum absolute atomic E-state index is 0.228. The molecule has 3 rings (SSSR count). The fraction of sp³-hybridized carbons (Fsp3) is 0.810. The summed E-state index contributed by atoms with van der Waals surface area (Å²) in [6, 6.07) is 0. The maximum absolute atomic E-state index is 12.7. The predicted octanol–water partition coefficient (Wildman–Crippen LogP) is 3.97. The molecule has 0 bridgehead atoms. The minimum atomic E-state index is 0.228. The molecule has 0 radical (unpaired) electrons. The van der Waals surface area contributed by atoms with Crippen LogP contribution >= 0.6 is 0 Å². The lowest BCUT2D eigenvalue weighted by Gasteiger charge is -2.38. The van der Waals surface area contributed by atoms with Crippen LogP contribution in [0.3, 0.4) is 0 Å². The lowest BCUT2D eigenvalue weighted by atomic mass is 9.85. The maximum atomic E-state index is 12.7. The van der Waals surface area contributed by atoms with Crippen molar-refractivity contribution in [1.82, 2.24) is 9.80 Å². The van der Waals surface area contributed by atoms with Gasteiger partial charge in [-0.15, -0.1) is 0 Å². The number of hydrogen-bond acceptors (Lipinski definition) is 2. The van der Waals surface area contributed by atoms with Crippen LogP contribution in [0.5, 0.6) is 0 Å². The first-order chi connectivity index (χ1) is 12.0. The topological polar surface area (TPSA) is 40.6 Å². The van der Waals surface area contributed by atoms with Crippen molar-refractivity contribution in [3.05, 3.63) is 11.8 Å². The van der Waals surface area contributed by atoms with Crippen LogP contribution in [0.2, 0.25) is 0 Å². The highest BCUT2D eigenvalue weighted by atomic mass is 16.2. The van der Waals surface area contributed by atoms with E-state index >= 15 is 0 Å². The van der Waals surface area contributed by atoms with Gasteiger partial charge in [0.25, 0.3) is 0 Å². The molecular formula is C21H34N2O2. The zero-order chi connectivity index (χ0) is 17.8. The molecular weight excluding hydrogens is 312 g/mol. The quantitative estimate of drug-likeness (QED) is 0.773. The summed E-state index contributed by atoms with van der Waals surface area (Å²) < 4.78 is 0. The summed E-state index contributed by atoms with van der Waals surface area (Å²) >= 11 is 0. The Morgan fingerprint density at radius 3 is 2.48 bits per heavy atom. The molecule has 3 unspecified atom stereocenters. The third-order valence-electron chi connectivity index (χ3n) is 6.08. The number of rotatable bonds is 4. The molecule has 4 heteroatoms. The summed E-state index contributed by atoms with van der Waals surface area (Å²) in [5.74, 6) is 2.26. The standard InChI is InChI=1S/C21H34N2O2/c1-16-13-17(2)15-22(14-16)20(24)10-5-11-21(25)23-12-6-8-18-7-3-4-9-19(18)23/h9,16-18H,3-8,10-15H2,1-2H3. The van der Waals surface area contributed by atoms with Gasteiger partial charge in [-0.25, -0.2) is 0 Å². The molecule has 2 amide bonds. The molecule has 0 aromatic rings. The van der Waals surface area contributed by atoms with E-state index in [9.17, 15) is 9.59 Å². The number of piperidine rings is 2. The van der Waals surface area contributed by atoms with Gasteiger partial charge < -0.3 is 9.80 Å². The van der Waals surface area contributed by atoms with Crippen molar-refractivity contribution >= 4 is 11.8 Å². The molecule has 1 aliphatic carbocycles. The van der Waals surface area contributed by atoms with E-state index in [2.05, 4.69) is 19.9 Å². The summed E-state index contributed by atoms with van der Waals surface area (Å²) in [5.41, 5.74) is 1.28. The number of amides is 2. The molecule has 3 aliphatic rings. The zero-order valence-electron chi connectivity index (χ0n) is 16.0. The van der Waals surface area contributed by atoms with Crippen LogP contribution in [0.4, 0.5) is 0 Å². The monoisotopic (exact) mass is 346 g/mol. The normalized spacial score (nSPS) is 29.8. The van der Waals surface area contributed by atoms with E-state index in [1.54, 1.807) is 0 Å². The van der Waals surface area contributed by atoms with Crippen LogP contribution in [0.15, 0.2) is 11.8 Å². The lowest BCUT2D eigenvalue weighted by molar-refractivity contribution is -0.134. The minimum Gasteiger partial charge on any atom is -0.342 e. The van der Waals surface area contributed by atoms with Crippen LogP contribution in [-0.4, -0.2) is 41.2 Å². The Morgan fingerprint density at radius 2 is 1.72 bits per heavy atom. The largest absolute Gasteiger partial charge is 0.342 e. The molecule has 25 heavy (non-hydrogen) atoms. The van der Waals surface area contributed by atoms with Crippen LogP contribution in [0.1, 0.15) is 71.6 Å². The molecule has 0 saturated carbocycles. The van der Waals surface area contributed by atoms with Gasteiger partial charge in [-0.05, 0) is 62.7 Å². The van der Waals surface area contributed by atoms with E-state index in [0.717, 1.165) is 32.5 Å². The van der Waals surface area contributed by atoms with Crippen molar-refractivity contribution < 1.29 is 9.59 Å². The van der Waals surface area contributed by atoms with Crippen molar-refractivity contribution in [1.29, 1.82) is 0 Å². The Bertz CT molecular complexity index is 518. The van der Waals surface area contributed by atoms with E-state index in [-0.39, 0.29) is 11.8 Å². The summed E-state index contributed by atoms with van der Waals surface area (Å²) in [6.45, 7) is 7.10. The first-order valence-corrected chi connectivity index (χ1v) is 10.3. The first-order valence-electron chi connectivity index (χ1n) is 10.3. The fourth-order valence-electron chi connectivity index (χ4n) is 5.00. The van der Waals surface area contributed by atoms with E-state index < -0.39 is 0 Å². The highest BCUT2D eigenvalue weighted by molar-refractivity contribution is 5.80. The molecule has 2 heterocycles. The van der Waals surface area contributed by atoms with Gasteiger partial charge in [0.05, 0.1) is 0 Å². The van der Waals surface area contributed by atoms with Crippen LogP contribution in [0.25, 0.3) is 0 Å². The Hall–Kier alpha value is -1.32. The number of carbonyl (C=O) groups excluding carboxylic acids is 2. The number of allylic oxidation sites excluding steroid dienone is 2. The zero-order valence-corrected chi connectivity index (χ0v) is 16.0. The molecule has 2 saturated heterocycles. The SMILES string of the molecule is CC1CC(C)CN(C(=O)CCCC(=O)N2CCCC3CCCC=C32)C1. The van der Waals surface area contributed by atoms with E-state index in [0.29, 0.717) is 37.0 Å². The van der Waals surface area contributed by atoms with E-state index in [1.165, 1.54) is 31.4 Å². The van der Waals surface area contributed by atoms with E-state index in [1.807, 2.05) is 9.80 Å². The number of likely N-dealkylation sites (tertiary alicyclic amines) is 2. The van der Waals surface area contributed by atoms with Gasteiger partial charge in [0.2, 0.25) is 11.8 Å². The molecule has 4 nitrogen and oxygen atoms in total. The third-order valence-corrected chi connectivity index (χ3v) is 6.08. The summed E-state index contributed by atoms with van der Waals surface area (Å²) in [4.78, 5) is 29.2. The molecule has 0 spiro atoms. The van der Waals surface area contributed by atoms with Crippen molar-refractivity contribution in [3.8, 4) is 0 Å². The molecule has 2 aliphatic heterocycles. The number of nitrogens with zero attached hydrogens (tertiary/aromatic N) is 2. The van der Waals surface area contributed by atoms with Gasteiger partial charge >= 0.3 is 0 Å². The second kappa shape index (κ2) is 8.37. The second-order valence-corrected chi connectivity index (χ2v) is 8.54. The molecule has 2 fully saturated rings. The highest BCUT2D eigenvalue weighted by Crippen LogP contribution is 2.35. The molecule has 0 aromatic heterocycles. The highest BCUT2D eigenvalue weighted by Gasteiger charge is 2.30. The average molecular weight is 347 g/mol. The number of fused-ring (bicyclic) bond motifs is 1. The summed E-state index contributed by atoms with van der Waals surface area (Å²) in [5, 5.41) is 0. The lowest BCUT2D eigenvalue weighted by Crippen LogP contribution is -2.42. The number of carbonyl (C=O) groups is 2. The van der Waals surface area contributed by atoms with Gasteiger partial charge in [0.15, 0.2) is 0 Å². The molecule has 0 aromatic carbocycles. The Balaban J connectivity index is 1.46. The Morgan fingerprint density at radius 1 is 1.04 bits per heavy atom. The van der Waals surface area contributed by atoms with Gasteiger partial charge in [0.1, 0.15) is 0 Å². The number of hydrogen-bond donors (Lipinski definition) is 0. The van der Waals surface area contributed by atoms with Gasteiger partial charge in [0, 0.05) is 38.2 Å². The van der Waals surface area contributed by atoms with Crippen molar-refractivity contribution in [2.75, 3.05) is 19.6 Å². The third kappa shape index (κ3) is 4.65. The van der Waals surface area contributed by atoms with Crippen molar-refractivity contribution in [2.24, 2.45) is 17.8 Å². The Kier molecular flexibility index (Phi) is 6.19. The predicted molar refractivity (Wildman–Crippen MR) is 99.7 cm³/mol. The van der Waals surface area contributed by atoms with Crippen LogP contribution in [-0.2, 0) is 9.59 Å². The van der Waals surface area contributed by atoms with Crippen molar-refractivity contribution in [2.45, 2.75) is 71.6 Å². The summed E-state index contributed by atoms with van der Waals surface area (Å²) in [6.07, 6.45) is 11.2. The molecule has 140 valence electrons. The van der Waals surface area contributed by atoms with Gasteiger partial charge in [-0.3, -0.25) is 9.59 Å². The van der Waals surface area contributed by atoms with Gasteiger partial charge in [-0.1, -0.05) is 19.9 Å². The smallest absolute Gasteiger partial charge is 0.226 e. The van der Waals surface area contributed by atoms with Crippen LogP contribution in [0, 0.1) is 17.8 Å². The fourth-order valence-corrected chi connectivity index (χ4v) is 5.00. The van der Waals surface area contributed by atoms with Gasteiger partial charge in [-0.2, -0.15) is 0 Å².